The first-order valence-electron chi connectivity index (χ1n) is 4.96. The number of carbonyl (C=O) groups is 1. The van der Waals surface area contributed by atoms with Gasteiger partial charge in [-0.25, -0.2) is 0 Å². The molecule has 3 rings (SSSR count). The van der Waals surface area contributed by atoms with E-state index in [9.17, 15) is 4.79 Å². The Hall–Kier alpha value is -1.15. The molecule has 0 aliphatic heterocycles. The summed E-state index contributed by atoms with van der Waals surface area (Å²) >= 11 is 3.42. The molecule has 0 radical (unpaired) electrons. The van der Waals surface area contributed by atoms with Gasteiger partial charge < -0.3 is 0 Å². The van der Waals surface area contributed by atoms with E-state index >= 15 is 0 Å². The molecule has 0 saturated carbocycles. The van der Waals surface area contributed by atoms with Crippen LogP contribution < -0.4 is 0 Å². The van der Waals surface area contributed by atoms with E-state index in [-0.39, 0.29) is 17.6 Å². The average Bonchev–Trinajstić information content (AvgIpc) is 2.54. The van der Waals surface area contributed by atoms with Gasteiger partial charge in [-0.1, -0.05) is 58.4 Å². The highest BCUT2D eigenvalue weighted by Crippen LogP contribution is 2.42. The van der Waals surface area contributed by atoms with Crippen LogP contribution in [0.5, 0.6) is 0 Å². The summed E-state index contributed by atoms with van der Waals surface area (Å²) in [4.78, 5) is 12.1. The number of carbonyl (C=O) groups excluding carboxylic acids is 1. The minimum Gasteiger partial charge on any atom is -0.293 e. The van der Waals surface area contributed by atoms with Gasteiger partial charge in [0.05, 0.1) is 5.92 Å². The Balaban J connectivity index is 2.18. The van der Waals surface area contributed by atoms with Gasteiger partial charge in [0.2, 0.25) is 0 Å². The number of ketones is 1. The third-order valence-electron chi connectivity index (χ3n) is 3.08. The molecule has 1 aromatic rings. The maximum absolute atomic E-state index is 12.1. The molecular weight excluding hydrogens is 252 g/mol. The molecule has 0 saturated heterocycles. The van der Waals surface area contributed by atoms with E-state index in [4.69, 9.17) is 0 Å². The topological polar surface area (TPSA) is 17.1 Å². The van der Waals surface area contributed by atoms with Gasteiger partial charge in [-0.05, 0) is 5.56 Å². The fourth-order valence-corrected chi connectivity index (χ4v) is 2.81. The first-order chi connectivity index (χ1) is 7.27. The Morgan fingerprint density at radius 3 is 2.80 bits per heavy atom. The lowest BCUT2D eigenvalue weighted by Crippen LogP contribution is -2.11. The summed E-state index contributed by atoms with van der Waals surface area (Å²) in [5, 5.41) is 0. The predicted octanol–water partition coefficient (Wildman–Crippen LogP) is 3.43. The van der Waals surface area contributed by atoms with E-state index in [1.807, 2.05) is 30.4 Å². The van der Waals surface area contributed by atoms with E-state index < -0.39 is 0 Å². The van der Waals surface area contributed by atoms with Gasteiger partial charge in [0, 0.05) is 16.0 Å². The first kappa shape index (κ1) is 9.10. The van der Waals surface area contributed by atoms with Gasteiger partial charge in [-0.2, -0.15) is 0 Å². The van der Waals surface area contributed by atoms with Crippen molar-refractivity contribution in [2.45, 2.75) is 5.92 Å². The van der Waals surface area contributed by atoms with Gasteiger partial charge >= 0.3 is 0 Å². The number of allylic oxidation sites excluding steroid dienone is 4. The van der Waals surface area contributed by atoms with Crippen LogP contribution in [0.25, 0.3) is 0 Å². The molecule has 74 valence electrons. The van der Waals surface area contributed by atoms with Gasteiger partial charge in [-0.15, -0.1) is 0 Å². The van der Waals surface area contributed by atoms with Crippen molar-refractivity contribution < 1.29 is 4.79 Å². The van der Waals surface area contributed by atoms with E-state index in [1.54, 1.807) is 0 Å². The summed E-state index contributed by atoms with van der Waals surface area (Å²) in [5.74, 6) is 0.494. The van der Waals surface area contributed by atoms with Crippen molar-refractivity contribution in [1.82, 2.24) is 0 Å². The summed E-state index contributed by atoms with van der Waals surface area (Å²) in [6, 6.07) is 7.90. The van der Waals surface area contributed by atoms with E-state index in [2.05, 4.69) is 28.1 Å². The first-order valence-corrected chi connectivity index (χ1v) is 5.75. The largest absolute Gasteiger partial charge is 0.293 e. The zero-order valence-corrected chi connectivity index (χ0v) is 9.57. The fraction of sp³-hybridized carbons (Fsp3) is 0.154. The second-order valence-corrected chi connectivity index (χ2v) is 4.83. The third kappa shape index (κ3) is 1.25. The minimum absolute atomic E-state index is 0.00164. The summed E-state index contributed by atoms with van der Waals surface area (Å²) in [5.41, 5.74) is 2.05. The van der Waals surface area contributed by atoms with Crippen LogP contribution in [0, 0.1) is 5.92 Å². The van der Waals surface area contributed by atoms with E-state index in [0.29, 0.717) is 0 Å². The molecule has 0 aromatic heterocycles. The predicted molar refractivity (Wildman–Crippen MR) is 63.2 cm³/mol. The molecule has 0 amide bonds. The monoisotopic (exact) mass is 260 g/mol. The van der Waals surface area contributed by atoms with Gasteiger partial charge in [-0.3, -0.25) is 4.79 Å². The molecule has 0 spiro atoms. The number of halogens is 1. The van der Waals surface area contributed by atoms with Gasteiger partial charge in [0.1, 0.15) is 0 Å². The SMILES string of the molecule is O=C1c2ccccc2C2C=CC(Br)=CC12. The molecule has 0 fully saturated rings. The Labute approximate surface area is 96.6 Å². The number of fused-ring (bicyclic) bond motifs is 3. The zero-order chi connectivity index (χ0) is 10.4. The molecule has 0 N–H and O–H groups in total. The smallest absolute Gasteiger partial charge is 0.170 e. The van der Waals surface area contributed by atoms with Gasteiger partial charge in [0.25, 0.3) is 0 Å². The molecule has 15 heavy (non-hydrogen) atoms. The minimum atomic E-state index is 0.00164. The Bertz CT molecular complexity index is 499. The maximum atomic E-state index is 12.1. The zero-order valence-electron chi connectivity index (χ0n) is 7.98. The van der Waals surface area contributed by atoms with Crippen molar-refractivity contribution in [1.29, 1.82) is 0 Å². The van der Waals surface area contributed by atoms with Crippen molar-refractivity contribution in [3.8, 4) is 0 Å². The number of rotatable bonds is 0. The van der Waals surface area contributed by atoms with Crippen molar-refractivity contribution >= 4 is 21.7 Å². The highest BCUT2D eigenvalue weighted by Gasteiger charge is 2.37. The number of hydrogen-bond acceptors (Lipinski definition) is 1. The standard InChI is InChI=1S/C13H9BrO/c14-8-5-6-10-9-3-1-2-4-11(9)13(15)12(10)7-8/h1-7,10,12H. The summed E-state index contributed by atoms with van der Waals surface area (Å²) < 4.78 is 1.00. The summed E-state index contributed by atoms with van der Waals surface area (Å²) in [6.07, 6.45) is 6.14. The third-order valence-corrected chi connectivity index (χ3v) is 3.61. The molecule has 1 aromatic carbocycles. The molecule has 1 nitrogen and oxygen atoms in total. The molecule has 0 bridgehead atoms. The Kier molecular flexibility index (Phi) is 1.93. The van der Waals surface area contributed by atoms with Crippen molar-refractivity contribution in [2.24, 2.45) is 5.92 Å². The highest BCUT2D eigenvalue weighted by atomic mass is 79.9. The lowest BCUT2D eigenvalue weighted by atomic mass is 9.89. The van der Waals surface area contributed by atoms with Crippen LogP contribution >= 0.6 is 15.9 Å². The molecular formula is C13H9BrO. The van der Waals surface area contributed by atoms with Crippen LogP contribution in [-0.2, 0) is 0 Å². The molecule has 2 aliphatic rings. The molecule has 0 heterocycles. The summed E-state index contributed by atoms with van der Waals surface area (Å²) in [6.45, 7) is 0. The average molecular weight is 261 g/mol. The number of Topliss-reactive ketones (excluding diaryl/α,β-unsaturated/α-hetero) is 1. The van der Waals surface area contributed by atoms with E-state index in [1.165, 1.54) is 5.56 Å². The molecule has 2 heteroatoms. The quantitative estimate of drug-likeness (QED) is 0.699. The van der Waals surface area contributed by atoms with Crippen LogP contribution in [0.1, 0.15) is 21.8 Å². The number of benzene rings is 1. The molecule has 2 unspecified atom stereocenters. The maximum Gasteiger partial charge on any atom is 0.170 e. The Morgan fingerprint density at radius 1 is 1.13 bits per heavy atom. The van der Waals surface area contributed by atoms with Crippen LogP contribution in [0.15, 0.2) is 47.0 Å². The van der Waals surface area contributed by atoms with Crippen molar-refractivity contribution in [3.63, 3.8) is 0 Å². The number of hydrogen-bond donors (Lipinski definition) is 0. The van der Waals surface area contributed by atoms with Gasteiger partial charge in [0.15, 0.2) is 5.78 Å². The van der Waals surface area contributed by atoms with Crippen molar-refractivity contribution in [2.75, 3.05) is 0 Å². The van der Waals surface area contributed by atoms with Crippen LogP contribution in [0.4, 0.5) is 0 Å². The van der Waals surface area contributed by atoms with Crippen molar-refractivity contribution in [3.05, 3.63) is 58.1 Å². The Morgan fingerprint density at radius 2 is 1.93 bits per heavy atom. The van der Waals surface area contributed by atoms with E-state index in [0.717, 1.165) is 10.0 Å². The molecule has 2 aliphatic carbocycles. The van der Waals surface area contributed by atoms with Crippen LogP contribution in [-0.4, -0.2) is 5.78 Å². The normalized spacial score (nSPS) is 27.3. The molecule has 2 atom stereocenters. The lowest BCUT2D eigenvalue weighted by molar-refractivity contribution is 0.0954. The lowest BCUT2D eigenvalue weighted by Gasteiger charge is -2.15. The van der Waals surface area contributed by atoms with Crippen LogP contribution in [0.3, 0.4) is 0 Å². The second-order valence-electron chi connectivity index (χ2n) is 3.91. The fourth-order valence-electron chi connectivity index (χ4n) is 2.37. The summed E-state index contributed by atoms with van der Waals surface area (Å²) in [7, 11) is 0. The highest BCUT2D eigenvalue weighted by molar-refractivity contribution is 9.11. The van der Waals surface area contributed by atoms with Crippen LogP contribution in [0.2, 0.25) is 0 Å². The second kappa shape index (κ2) is 3.17.